The number of pyridine rings is 1. The first-order valence-corrected chi connectivity index (χ1v) is 15.8. The monoisotopic (exact) mass is 636 g/mol. The van der Waals surface area contributed by atoms with Crippen LogP contribution in [0.4, 0.5) is 24.7 Å². The molecule has 0 spiro atoms. The number of piperidine rings is 1. The van der Waals surface area contributed by atoms with Crippen LogP contribution in [0.15, 0.2) is 47.4 Å². The maximum atomic E-state index is 15.9. The summed E-state index contributed by atoms with van der Waals surface area (Å²) < 4.78 is 58.0. The van der Waals surface area contributed by atoms with E-state index in [0.29, 0.717) is 35.8 Å². The van der Waals surface area contributed by atoms with Crippen molar-refractivity contribution in [3.63, 3.8) is 0 Å². The SMILES string of the molecule is CC.COc1ccc(CN(Sc2c(F)cc(N3CC[C@](C)(N4CCCCC4)C3)c(Cl)c2F)c2cccc(F)n2)c(OC)c1. The fourth-order valence-electron chi connectivity index (χ4n) is 5.67. The number of halogens is 4. The van der Waals surface area contributed by atoms with E-state index >= 15 is 8.78 Å². The van der Waals surface area contributed by atoms with Crippen LogP contribution in [0.5, 0.6) is 11.5 Å². The molecule has 0 unspecified atom stereocenters. The van der Waals surface area contributed by atoms with Crippen molar-refractivity contribution in [1.29, 1.82) is 0 Å². The fourth-order valence-corrected chi connectivity index (χ4v) is 6.94. The first-order valence-electron chi connectivity index (χ1n) is 14.7. The molecular weight excluding hydrogens is 597 g/mol. The van der Waals surface area contributed by atoms with Crippen molar-refractivity contribution in [2.24, 2.45) is 0 Å². The molecule has 43 heavy (non-hydrogen) atoms. The maximum absolute atomic E-state index is 15.9. The summed E-state index contributed by atoms with van der Waals surface area (Å²) in [5.74, 6) is -1.04. The van der Waals surface area contributed by atoms with Gasteiger partial charge >= 0.3 is 0 Å². The zero-order chi connectivity index (χ0) is 31.1. The molecule has 11 heteroatoms. The number of aromatic nitrogens is 1. The summed E-state index contributed by atoms with van der Waals surface area (Å²) >= 11 is 7.36. The number of methoxy groups -OCH3 is 2. The predicted molar refractivity (Wildman–Crippen MR) is 169 cm³/mol. The Balaban J connectivity index is 0.00000207. The number of anilines is 2. The first-order chi connectivity index (χ1) is 20.7. The lowest BCUT2D eigenvalue weighted by atomic mass is 9.95. The molecule has 0 bridgehead atoms. The summed E-state index contributed by atoms with van der Waals surface area (Å²) in [5, 5.41) is -0.133. The summed E-state index contributed by atoms with van der Waals surface area (Å²) in [5.41, 5.74) is 0.963. The topological polar surface area (TPSA) is 41.1 Å². The molecule has 2 aromatic carbocycles. The molecule has 0 N–H and O–H groups in total. The predicted octanol–water partition coefficient (Wildman–Crippen LogP) is 8.36. The van der Waals surface area contributed by atoms with Crippen molar-refractivity contribution in [3.05, 3.63) is 70.6 Å². The van der Waals surface area contributed by atoms with Gasteiger partial charge in [0, 0.05) is 36.3 Å². The summed E-state index contributed by atoms with van der Waals surface area (Å²) in [6.07, 6.45) is 4.48. The Morgan fingerprint density at radius 1 is 1.00 bits per heavy atom. The van der Waals surface area contributed by atoms with E-state index < -0.39 is 17.6 Å². The molecule has 0 amide bonds. The number of hydrogen-bond donors (Lipinski definition) is 0. The highest BCUT2D eigenvalue weighted by atomic mass is 35.5. The van der Waals surface area contributed by atoms with Crippen LogP contribution in [0.3, 0.4) is 0 Å². The fraction of sp³-hybridized carbons (Fsp3) is 0.469. The Hall–Kier alpha value is -2.82. The number of rotatable bonds is 9. The molecule has 0 aliphatic carbocycles. The Labute approximate surface area is 262 Å². The lowest BCUT2D eigenvalue weighted by Crippen LogP contribution is -2.50. The number of nitrogens with zero attached hydrogens (tertiary/aromatic N) is 4. The number of ether oxygens (including phenoxy) is 2. The molecule has 3 heterocycles. The van der Waals surface area contributed by atoms with Crippen LogP contribution >= 0.6 is 23.5 Å². The number of benzene rings is 2. The molecule has 2 aliphatic rings. The van der Waals surface area contributed by atoms with E-state index in [1.807, 2.05) is 18.7 Å². The normalized spacial score (nSPS) is 18.7. The van der Waals surface area contributed by atoms with Gasteiger partial charge < -0.3 is 14.4 Å². The Kier molecular flexibility index (Phi) is 11.4. The molecule has 3 aromatic rings. The smallest absolute Gasteiger partial charge is 0.214 e. The van der Waals surface area contributed by atoms with Gasteiger partial charge in [0.05, 0.1) is 26.5 Å². The average molecular weight is 637 g/mol. The number of likely N-dealkylation sites (tertiary alicyclic amines) is 1. The van der Waals surface area contributed by atoms with Crippen molar-refractivity contribution in [2.45, 2.75) is 63.4 Å². The van der Waals surface area contributed by atoms with E-state index in [-0.39, 0.29) is 27.8 Å². The summed E-state index contributed by atoms with van der Waals surface area (Å²) in [4.78, 5) is 8.14. The molecule has 5 rings (SSSR count). The second-order valence-electron chi connectivity index (χ2n) is 10.7. The van der Waals surface area contributed by atoms with Crippen LogP contribution < -0.4 is 18.7 Å². The van der Waals surface area contributed by atoms with E-state index in [2.05, 4.69) is 16.8 Å². The molecule has 2 aliphatic heterocycles. The molecule has 6 nitrogen and oxygen atoms in total. The molecule has 1 atom stereocenters. The van der Waals surface area contributed by atoms with Crippen LogP contribution in [-0.4, -0.2) is 55.8 Å². The molecule has 2 saturated heterocycles. The lowest BCUT2D eigenvalue weighted by molar-refractivity contribution is 0.0978. The Bertz CT molecular complexity index is 1390. The standard InChI is InChI=1S/C30H34ClF3N4O2S.C2H6/c1-30(37-13-5-4-6-14-37)12-15-36(19-30)23-17-22(32)29(28(34)27(23)31)41-38(26-9-7-8-25(33)35-26)18-20-10-11-21(39-2)16-24(20)40-3;1-2/h7-11,16-17H,4-6,12-15,18-19H2,1-3H3;1-2H3/t30-;/m0./s1. The third kappa shape index (κ3) is 7.46. The Morgan fingerprint density at radius 3 is 2.42 bits per heavy atom. The van der Waals surface area contributed by atoms with E-state index in [4.69, 9.17) is 21.1 Å². The van der Waals surface area contributed by atoms with Crippen molar-refractivity contribution >= 4 is 35.1 Å². The van der Waals surface area contributed by atoms with Crippen molar-refractivity contribution in [1.82, 2.24) is 9.88 Å². The zero-order valence-electron chi connectivity index (χ0n) is 25.4. The summed E-state index contributed by atoms with van der Waals surface area (Å²) in [7, 11) is 3.06. The third-order valence-electron chi connectivity index (χ3n) is 7.97. The van der Waals surface area contributed by atoms with Crippen LogP contribution in [0, 0.1) is 17.6 Å². The van der Waals surface area contributed by atoms with Gasteiger partial charge in [0.15, 0.2) is 5.82 Å². The minimum absolute atomic E-state index is 0.0681. The average Bonchev–Trinajstić information content (AvgIpc) is 3.44. The third-order valence-corrected chi connectivity index (χ3v) is 9.43. The van der Waals surface area contributed by atoms with Crippen molar-refractivity contribution in [3.8, 4) is 11.5 Å². The van der Waals surface area contributed by atoms with Crippen LogP contribution in [0.25, 0.3) is 0 Å². The van der Waals surface area contributed by atoms with Gasteiger partial charge in [-0.05, 0) is 75.5 Å². The maximum Gasteiger partial charge on any atom is 0.214 e. The van der Waals surface area contributed by atoms with E-state index in [9.17, 15) is 4.39 Å². The van der Waals surface area contributed by atoms with Crippen molar-refractivity contribution < 1.29 is 22.6 Å². The second kappa shape index (κ2) is 14.8. The summed E-state index contributed by atoms with van der Waals surface area (Å²) in [6.45, 7) is 9.72. The van der Waals surface area contributed by atoms with Gasteiger partial charge in [-0.3, -0.25) is 9.21 Å². The quantitative estimate of drug-likeness (QED) is 0.133. The van der Waals surface area contributed by atoms with Gasteiger partial charge in [0.1, 0.15) is 33.1 Å². The molecule has 0 saturated carbocycles. The van der Waals surface area contributed by atoms with Gasteiger partial charge in [-0.25, -0.2) is 13.8 Å². The van der Waals surface area contributed by atoms with E-state index in [1.54, 1.807) is 31.4 Å². The lowest BCUT2D eigenvalue weighted by Gasteiger charge is -2.41. The van der Waals surface area contributed by atoms with Gasteiger partial charge in [-0.2, -0.15) is 4.39 Å². The highest BCUT2D eigenvalue weighted by Gasteiger charge is 2.40. The molecule has 1 aromatic heterocycles. The van der Waals surface area contributed by atoms with Crippen LogP contribution in [0.2, 0.25) is 5.02 Å². The summed E-state index contributed by atoms with van der Waals surface area (Å²) in [6, 6.07) is 10.8. The zero-order valence-corrected chi connectivity index (χ0v) is 27.0. The second-order valence-corrected chi connectivity index (χ2v) is 12.1. The van der Waals surface area contributed by atoms with Gasteiger partial charge in [0.25, 0.3) is 0 Å². The first kappa shape index (κ1) is 33.1. The largest absolute Gasteiger partial charge is 0.497 e. The van der Waals surface area contributed by atoms with Gasteiger partial charge in [0.2, 0.25) is 5.95 Å². The highest BCUT2D eigenvalue weighted by Crippen LogP contribution is 2.43. The molecule has 2 fully saturated rings. The number of hydrogen-bond acceptors (Lipinski definition) is 7. The van der Waals surface area contributed by atoms with E-state index in [1.165, 1.54) is 48.9 Å². The van der Waals surface area contributed by atoms with Crippen LogP contribution in [-0.2, 0) is 6.54 Å². The minimum Gasteiger partial charge on any atom is -0.497 e. The van der Waals surface area contributed by atoms with Gasteiger partial charge in [-0.1, -0.05) is 37.9 Å². The highest BCUT2D eigenvalue weighted by molar-refractivity contribution is 8.00. The van der Waals surface area contributed by atoms with E-state index in [0.717, 1.165) is 31.5 Å². The van der Waals surface area contributed by atoms with Crippen molar-refractivity contribution in [2.75, 3.05) is 49.6 Å². The van der Waals surface area contributed by atoms with Gasteiger partial charge in [-0.15, -0.1) is 0 Å². The molecule has 0 radical (unpaired) electrons. The van der Waals surface area contributed by atoms with Crippen LogP contribution in [0.1, 0.15) is 52.0 Å². The minimum atomic E-state index is -0.860. The molecule has 234 valence electrons. The Morgan fingerprint density at radius 2 is 1.74 bits per heavy atom. The molecular formula is C32H40ClF3N4O2S.